The second kappa shape index (κ2) is 7.54. The first-order chi connectivity index (χ1) is 11.9. The summed E-state index contributed by atoms with van der Waals surface area (Å²) >= 11 is 7.27. The van der Waals surface area contributed by atoms with E-state index in [-0.39, 0.29) is 5.56 Å². The van der Waals surface area contributed by atoms with E-state index in [1.807, 2.05) is 12.1 Å². The van der Waals surface area contributed by atoms with Gasteiger partial charge in [0.15, 0.2) is 0 Å². The quantitative estimate of drug-likeness (QED) is 0.497. The highest BCUT2D eigenvalue weighted by molar-refractivity contribution is 7.99. The number of aromatic nitrogens is 2. The lowest BCUT2D eigenvalue weighted by atomic mass is 10.0. The largest absolute Gasteiger partial charge is 0.416 e. The SMILES string of the molecule is FC(F)(F)c1ccccc1C(Cn1ccnc1)Sc1ccc(Cl)cc1. The van der Waals surface area contributed by atoms with E-state index in [9.17, 15) is 13.2 Å². The van der Waals surface area contributed by atoms with Gasteiger partial charge in [0.1, 0.15) is 0 Å². The van der Waals surface area contributed by atoms with E-state index in [4.69, 9.17) is 11.6 Å². The lowest BCUT2D eigenvalue weighted by molar-refractivity contribution is -0.138. The molecule has 3 aromatic rings. The Kier molecular flexibility index (Phi) is 5.39. The van der Waals surface area contributed by atoms with Crippen LogP contribution >= 0.6 is 23.4 Å². The zero-order chi connectivity index (χ0) is 17.9. The Morgan fingerprint density at radius 2 is 1.80 bits per heavy atom. The van der Waals surface area contributed by atoms with Crippen molar-refractivity contribution in [3.05, 3.63) is 83.4 Å². The fraction of sp³-hybridized carbons (Fsp3) is 0.167. The summed E-state index contributed by atoms with van der Waals surface area (Å²) in [5.74, 6) is 0. The van der Waals surface area contributed by atoms with Gasteiger partial charge in [-0.3, -0.25) is 0 Å². The van der Waals surface area contributed by atoms with Gasteiger partial charge in [-0.05, 0) is 35.9 Å². The summed E-state index contributed by atoms with van der Waals surface area (Å²) in [6.07, 6.45) is 0.557. The molecule has 0 amide bonds. The summed E-state index contributed by atoms with van der Waals surface area (Å²) < 4.78 is 42.1. The van der Waals surface area contributed by atoms with Crippen LogP contribution in [0, 0.1) is 0 Å². The van der Waals surface area contributed by atoms with Crippen LogP contribution in [-0.4, -0.2) is 9.55 Å². The van der Waals surface area contributed by atoms with E-state index < -0.39 is 17.0 Å². The van der Waals surface area contributed by atoms with Crippen molar-refractivity contribution in [3.8, 4) is 0 Å². The van der Waals surface area contributed by atoms with Gasteiger partial charge < -0.3 is 4.57 Å². The molecule has 2 aromatic carbocycles. The van der Waals surface area contributed by atoms with Crippen LogP contribution in [0.2, 0.25) is 5.02 Å². The lowest BCUT2D eigenvalue weighted by Gasteiger charge is -2.22. The maximum atomic E-state index is 13.4. The van der Waals surface area contributed by atoms with Crippen molar-refractivity contribution in [3.63, 3.8) is 0 Å². The molecule has 1 aromatic heterocycles. The van der Waals surface area contributed by atoms with Gasteiger partial charge in [-0.2, -0.15) is 13.2 Å². The predicted octanol–water partition coefficient (Wildman–Crippen LogP) is 6.09. The van der Waals surface area contributed by atoms with E-state index >= 15 is 0 Å². The minimum Gasteiger partial charge on any atom is -0.336 e. The molecule has 3 rings (SSSR count). The molecule has 0 spiro atoms. The number of halogens is 4. The molecule has 0 aliphatic rings. The van der Waals surface area contributed by atoms with Gasteiger partial charge in [0, 0.05) is 28.9 Å². The first kappa shape index (κ1) is 17.9. The fourth-order valence-electron chi connectivity index (χ4n) is 2.50. The number of rotatable bonds is 5. The molecule has 0 saturated heterocycles. The third-order valence-electron chi connectivity index (χ3n) is 3.64. The summed E-state index contributed by atoms with van der Waals surface area (Å²) in [4.78, 5) is 4.83. The van der Waals surface area contributed by atoms with E-state index in [0.29, 0.717) is 11.6 Å². The van der Waals surface area contributed by atoms with Crippen LogP contribution in [-0.2, 0) is 12.7 Å². The fourth-order valence-corrected chi connectivity index (χ4v) is 3.83. The van der Waals surface area contributed by atoms with Crippen LogP contribution in [0.15, 0.2) is 72.1 Å². The molecule has 130 valence electrons. The van der Waals surface area contributed by atoms with Crippen molar-refractivity contribution in [2.24, 2.45) is 0 Å². The maximum absolute atomic E-state index is 13.4. The Morgan fingerprint density at radius 3 is 2.44 bits per heavy atom. The van der Waals surface area contributed by atoms with Gasteiger partial charge in [0.25, 0.3) is 0 Å². The molecule has 2 nitrogen and oxygen atoms in total. The Bertz CT molecular complexity index is 817. The van der Waals surface area contributed by atoms with Gasteiger partial charge in [-0.15, -0.1) is 11.8 Å². The molecule has 0 bridgehead atoms. The molecule has 0 radical (unpaired) electrons. The van der Waals surface area contributed by atoms with Gasteiger partial charge in [-0.1, -0.05) is 29.8 Å². The van der Waals surface area contributed by atoms with Crippen LogP contribution in [0.4, 0.5) is 13.2 Å². The second-order valence-corrected chi connectivity index (χ2v) is 7.12. The summed E-state index contributed by atoms with van der Waals surface area (Å²) in [5, 5.41) is 0.166. The zero-order valence-corrected chi connectivity index (χ0v) is 14.5. The van der Waals surface area contributed by atoms with Crippen LogP contribution in [0.5, 0.6) is 0 Å². The molecular formula is C18H14ClF3N2S. The van der Waals surface area contributed by atoms with Crippen molar-refractivity contribution < 1.29 is 13.2 Å². The van der Waals surface area contributed by atoms with E-state index in [2.05, 4.69) is 4.98 Å². The summed E-state index contributed by atoms with van der Waals surface area (Å²) in [5.41, 5.74) is -0.356. The van der Waals surface area contributed by atoms with Crippen molar-refractivity contribution >= 4 is 23.4 Å². The monoisotopic (exact) mass is 382 g/mol. The normalized spacial score (nSPS) is 13.0. The number of hydrogen-bond acceptors (Lipinski definition) is 2. The number of nitrogens with zero attached hydrogens (tertiary/aromatic N) is 2. The maximum Gasteiger partial charge on any atom is 0.416 e. The highest BCUT2D eigenvalue weighted by atomic mass is 35.5. The number of hydrogen-bond donors (Lipinski definition) is 0. The first-order valence-corrected chi connectivity index (χ1v) is 8.73. The number of benzene rings is 2. The topological polar surface area (TPSA) is 17.8 Å². The van der Waals surface area contributed by atoms with E-state index in [0.717, 1.165) is 11.0 Å². The molecule has 0 aliphatic carbocycles. The molecule has 0 fully saturated rings. The molecule has 0 saturated carbocycles. The predicted molar refractivity (Wildman–Crippen MR) is 93.7 cm³/mol. The van der Waals surface area contributed by atoms with Gasteiger partial charge in [0.05, 0.1) is 17.1 Å². The Balaban J connectivity index is 1.98. The summed E-state index contributed by atoms with van der Waals surface area (Å²) in [7, 11) is 0. The third-order valence-corrected chi connectivity index (χ3v) is 5.12. The average molecular weight is 383 g/mol. The molecule has 1 unspecified atom stereocenters. The number of imidazole rings is 1. The molecule has 0 N–H and O–H groups in total. The molecule has 25 heavy (non-hydrogen) atoms. The third kappa shape index (κ3) is 4.58. The minimum atomic E-state index is -4.40. The Labute approximate surface area is 152 Å². The van der Waals surface area contributed by atoms with Crippen molar-refractivity contribution in [1.82, 2.24) is 9.55 Å². The zero-order valence-electron chi connectivity index (χ0n) is 12.9. The molecule has 1 heterocycles. The molecule has 0 aliphatic heterocycles. The second-order valence-electron chi connectivity index (χ2n) is 5.40. The highest BCUT2D eigenvalue weighted by Crippen LogP contribution is 2.42. The average Bonchev–Trinajstić information content (AvgIpc) is 3.08. The Morgan fingerprint density at radius 1 is 1.08 bits per heavy atom. The number of thioether (sulfide) groups is 1. The van der Waals surface area contributed by atoms with Crippen LogP contribution in [0.25, 0.3) is 0 Å². The smallest absolute Gasteiger partial charge is 0.336 e. The van der Waals surface area contributed by atoms with Gasteiger partial charge in [-0.25, -0.2) is 4.98 Å². The van der Waals surface area contributed by atoms with Gasteiger partial charge in [0.2, 0.25) is 0 Å². The van der Waals surface area contributed by atoms with Gasteiger partial charge >= 0.3 is 6.18 Å². The first-order valence-electron chi connectivity index (χ1n) is 7.47. The van der Waals surface area contributed by atoms with Crippen molar-refractivity contribution in [2.45, 2.75) is 22.9 Å². The van der Waals surface area contributed by atoms with Crippen LogP contribution in [0.3, 0.4) is 0 Å². The van der Waals surface area contributed by atoms with E-state index in [1.165, 1.54) is 23.9 Å². The standard InChI is InChI=1S/C18H14ClF3N2S/c19-13-5-7-14(8-6-13)25-17(11-24-10-9-23-12-24)15-3-1-2-4-16(15)18(20,21)22/h1-10,12,17H,11H2. The molecular weight excluding hydrogens is 369 g/mol. The minimum absolute atomic E-state index is 0.253. The van der Waals surface area contributed by atoms with Crippen molar-refractivity contribution in [2.75, 3.05) is 0 Å². The van der Waals surface area contributed by atoms with Crippen LogP contribution in [0.1, 0.15) is 16.4 Å². The number of alkyl halides is 3. The highest BCUT2D eigenvalue weighted by Gasteiger charge is 2.35. The van der Waals surface area contributed by atoms with E-state index in [1.54, 1.807) is 41.5 Å². The summed E-state index contributed by atoms with van der Waals surface area (Å²) in [6, 6.07) is 12.8. The summed E-state index contributed by atoms with van der Waals surface area (Å²) in [6.45, 7) is 0.375. The molecule has 1 atom stereocenters. The van der Waals surface area contributed by atoms with Crippen molar-refractivity contribution in [1.29, 1.82) is 0 Å². The van der Waals surface area contributed by atoms with Crippen LogP contribution < -0.4 is 0 Å². The molecule has 7 heteroatoms. The lowest BCUT2D eigenvalue weighted by Crippen LogP contribution is -2.13. The Hall–Kier alpha value is -1.92.